The number of halogens is 1. The molecule has 0 radical (unpaired) electrons. The van der Waals surface area contributed by atoms with E-state index in [4.69, 9.17) is 30.0 Å². The molecule has 0 bridgehead atoms. The van der Waals surface area contributed by atoms with E-state index in [1.54, 1.807) is 46.9 Å². The molecule has 2 heterocycles. The van der Waals surface area contributed by atoms with Gasteiger partial charge in [-0.3, -0.25) is 4.79 Å². The minimum Gasteiger partial charge on any atom is -0.541 e. The number of methoxy groups -OCH3 is 1. The van der Waals surface area contributed by atoms with Crippen LogP contribution in [-0.4, -0.2) is 47.7 Å². The van der Waals surface area contributed by atoms with Gasteiger partial charge in [-0.2, -0.15) is 0 Å². The summed E-state index contributed by atoms with van der Waals surface area (Å²) in [4.78, 5) is 27.0. The summed E-state index contributed by atoms with van der Waals surface area (Å²) in [5.74, 6) is 0.0401. The summed E-state index contributed by atoms with van der Waals surface area (Å²) in [5.41, 5.74) is 2.83. The summed E-state index contributed by atoms with van der Waals surface area (Å²) in [6, 6.07) is 18.3. The molecule has 5 aromatic rings. The maximum atomic E-state index is 13.7. The second kappa shape index (κ2) is 12.5. The number of hydrogen-bond acceptors (Lipinski definition) is 8. The maximum absolute atomic E-state index is 13.7. The topological polar surface area (TPSA) is 113 Å². The Morgan fingerprint density at radius 3 is 2.10 bits per heavy atom. The molecule has 0 amide bonds. The summed E-state index contributed by atoms with van der Waals surface area (Å²) < 4.78 is 24.2. The lowest BCUT2D eigenvalue weighted by atomic mass is 9.97. The van der Waals surface area contributed by atoms with Crippen molar-refractivity contribution in [2.75, 3.05) is 7.11 Å². The Hall–Kier alpha value is -4.54. The summed E-state index contributed by atoms with van der Waals surface area (Å²) in [6.07, 6.45) is -0.861. The maximum Gasteiger partial charge on any atom is 0.421 e. The van der Waals surface area contributed by atoms with Gasteiger partial charge in [-0.25, -0.2) is 9.36 Å². The summed E-state index contributed by atoms with van der Waals surface area (Å²) >= 11 is 6.85. The van der Waals surface area contributed by atoms with Gasteiger partial charge in [0.25, 0.3) is 8.32 Å². The zero-order chi connectivity index (χ0) is 35.3. The van der Waals surface area contributed by atoms with Gasteiger partial charge in [-0.1, -0.05) is 73.9 Å². The Kier molecular flexibility index (Phi) is 9.05. The molecular weight excluding hydrogens is 648 g/mol. The Bertz CT molecular complexity index is 2030. The van der Waals surface area contributed by atoms with Crippen molar-refractivity contribution >= 4 is 42.7 Å². The zero-order valence-electron chi connectivity index (χ0n) is 28.9. The highest BCUT2D eigenvalue weighted by Crippen LogP contribution is 2.45. The smallest absolute Gasteiger partial charge is 0.421 e. The van der Waals surface area contributed by atoms with Crippen LogP contribution in [0.1, 0.15) is 63.4 Å². The van der Waals surface area contributed by atoms with Gasteiger partial charge in [-0.15, -0.1) is 0 Å². The monoisotopic (exact) mass is 688 g/mol. The van der Waals surface area contributed by atoms with E-state index >= 15 is 0 Å². The van der Waals surface area contributed by atoms with Crippen LogP contribution in [0.2, 0.25) is 23.2 Å². The van der Waals surface area contributed by atoms with E-state index in [0.717, 1.165) is 21.3 Å². The van der Waals surface area contributed by atoms with E-state index in [1.807, 2.05) is 42.5 Å². The van der Waals surface area contributed by atoms with Crippen molar-refractivity contribution in [3.8, 4) is 39.6 Å². The highest BCUT2D eigenvalue weighted by Gasteiger charge is 2.40. The standard InChI is InChI=1S/C37H41ClN2O7Si/c1-21-18-30(46-39-21)32(41)31-26-19-25(27(38)20-28(26)40(34(31)42)35(43)45-36(2,3)4)23-16-14-22(15-17-23)24-12-11-13-29(44-8)33(24)47-48(9,10)37(5,6)7/h11-20,42H,1-10H3. The molecular formula is C37H41ClN2O7Si. The van der Waals surface area contributed by atoms with E-state index in [9.17, 15) is 14.7 Å². The van der Waals surface area contributed by atoms with Crippen molar-refractivity contribution in [1.29, 1.82) is 0 Å². The number of aryl methyl sites for hydroxylation is 1. The van der Waals surface area contributed by atoms with Crippen LogP contribution < -0.4 is 9.16 Å². The minimum atomic E-state index is -2.21. The first-order chi connectivity index (χ1) is 22.3. The van der Waals surface area contributed by atoms with Crippen LogP contribution >= 0.6 is 11.6 Å². The number of benzene rings is 3. The average molecular weight is 689 g/mol. The van der Waals surface area contributed by atoms with Crippen molar-refractivity contribution in [2.24, 2.45) is 0 Å². The van der Waals surface area contributed by atoms with Gasteiger partial charge in [0.15, 0.2) is 11.5 Å². The lowest BCUT2D eigenvalue weighted by Crippen LogP contribution is -2.44. The molecule has 0 spiro atoms. The SMILES string of the molecule is COc1cccc(-c2ccc(-c3cc4c(C(=O)c5cc(C)no5)c(O)n(C(=O)OC(C)(C)C)c4cc3Cl)cc2)c1O[Si](C)(C)C(C)(C)C. The zero-order valence-corrected chi connectivity index (χ0v) is 30.7. The van der Waals surface area contributed by atoms with Crippen LogP contribution in [0.3, 0.4) is 0 Å². The lowest BCUT2D eigenvalue weighted by molar-refractivity contribution is 0.0533. The number of rotatable bonds is 7. The second-order valence-corrected chi connectivity index (χ2v) is 19.4. The number of ketones is 1. The molecule has 9 nitrogen and oxygen atoms in total. The van der Waals surface area contributed by atoms with E-state index < -0.39 is 31.7 Å². The normalized spacial score (nSPS) is 12.3. The summed E-state index contributed by atoms with van der Waals surface area (Å²) in [7, 11) is -0.574. The highest BCUT2D eigenvalue weighted by atomic mass is 35.5. The van der Waals surface area contributed by atoms with Crippen LogP contribution in [0.15, 0.2) is 65.2 Å². The molecule has 0 unspecified atom stereocenters. The molecule has 0 aliphatic carbocycles. The third-order valence-electron chi connectivity index (χ3n) is 8.56. The molecule has 0 aliphatic rings. The highest BCUT2D eigenvalue weighted by molar-refractivity contribution is 6.74. The van der Waals surface area contributed by atoms with Crippen molar-refractivity contribution in [2.45, 2.75) is 72.2 Å². The first-order valence-electron chi connectivity index (χ1n) is 15.6. The number of ether oxygens (including phenoxy) is 2. The van der Waals surface area contributed by atoms with Gasteiger partial charge in [0.1, 0.15) is 5.60 Å². The van der Waals surface area contributed by atoms with Crippen molar-refractivity contribution in [3.05, 3.63) is 82.7 Å². The van der Waals surface area contributed by atoms with Crippen LogP contribution in [0.4, 0.5) is 4.79 Å². The van der Waals surface area contributed by atoms with Gasteiger partial charge < -0.3 is 23.5 Å². The first kappa shape index (κ1) is 34.8. The van der Waals surface area contributed by atoms with Gasteiger partial charge >= 0.3 is 6.09 Å². The number of nitrogens with zero attached hydrogens (tertiary/aromatic N) is 2. The van der Waals surface area contributed by atoms with Gasteiger partial charge in [-0.05, 0) is 75.2 Å². The van der Waals surface area contributed by atoms with Gasteiger partial charge in [0.2, 0.25) is 17.4 Å². The number of aromatic hydroxyl groups is 1. The summed E-state index contributed by atoms with van der Waals surface area (Å²) in [6.45, 7) is 17.8. The fourth-order valence-electron chi connectivity index (χ4n) is 5.07. The van der Waals surface area contributed by atoms with Crippen molar-refractivity contribution in [1.82, 2.24) is 9.72 Å². The van der Waals surface area contributed by atoms with E-state index in [-0.39, 0.29) is 21.9 Å². The number of carbonyl (C=O) groups excluding carboxylic acids is 2. The predicted octanol–water partition coefficient (Wildman–Crippen LogP) is 10.0. The van der Waals surface area contributed by atoms with E-state index in [0.29, 0.717) is 33.2 Å². The molecule has 5 rings (SSSR count). The van der Waals surface area contributed by atoms with E-state index in [2.05, 4.69) is 39.0 Å². The van der Waals surface area contributed by atoms with Crippen LogP contribution in [-0.2, 0) is 4.74 Å². The molecule has 0 saturated heterocycles. The Morgan fingerprint density at radius 2 is 1.56 bits per heavy atom. The number of hydrogen-bond donors (Lipinski definition) is 1. The average Bonchev–Trinajstić information content (AvgIpc) is 3.54. The summed E-state index contributed by atoms with van der Waals surface area (Å²) in [5, 5.41) is 15.7. The molecule has 1 N–H and O–H groups in total. The Balaban J connectivity index is 1.64. The van der Waals surface area contributed by atoms with Crippen LogP contribution in [0.5, 0.6) is 17.4 Å². The van der Waals surface area contributed by atoms with Crippen molar-refractivity contribution < 1.29 is 33.1 Å². The molecule has 2 aromatic heterocycles. The molecule has 11 heteroatoms. The first-order valence-corrected chi connectivity index (χ1v) is 18.9. The fourth-order valence-corrected chi connectivity index (χ4v) is 6.37. The van der Waals surface area contributed by atoms with Crippen LogP contribution in [0.25, 0.3) is 33.2 Å². The largest absolute Gasteiger partial charge is 0.541 e. The third kappa shape index (κ3) is 6.59. The van der Waals surface area contributed by atoms with E-state index in [1.165, 1.54) is 6.07 Å². The molecule has 0 aliphatic heterocycles. The van der Waals surface area contributed by atoms with Crippen molar-refractivity contribution in [3.63, 3.8) is 0 Å². The number of fused-ring (bicyclic) bond motifs is 1. The van der Waals surface area contributed by atoms with Gasteiger partial charge in [0, 0.05) is 22.6 Å². The Morgan fingerprint density at radius 1 is 0.938 bits per heavy atom. The molecule has 0 fully saturated rings. The lowest BCUT2D eigenvalue weighted by Gasteiger charge is -2.37. The predicted molar refractivity (Wildman–Crippen MR) is 190 cm³/mol. The quantitative estimate of drug-likeness (QED) is 0.133. The molecule has 3 aromatic carbocycles. The fraction of sp³-hybridized carbons (Fsp3) is 0.324. The number of carbonyl (C=O) groups is 2. The molecule has 48 heavy (non-hydrogen) atoms. The molecule has 0 saturated carbocycles. The second-order valence-electron chi connectivity index (χ2n) is 14.3. The molecule has 252 valence electrons. The Labute approximate surface area is 286 Å². The number of para-hydroxylation sites is 1. The third-order valence-corrected chi connectivity index (χ3v) is 13.2. The minimum absolute atomic E-state index is 0.0201. The van der Waals surface area contributed by atoms with Gasteiger partial charge in [0.05, 0.1) is 28.9 Å². The van der Waals surface area contributed by atoms with Crippen LogP contribution in [0, 0.1) is 6.92 Å². The number of aromatic nitrogens is 2. The molecule has 0 atom stereocenters.